The van der Waals surface area contributed by atoms with Gasteiger partial charge in [-0.25, -0.2) is 0 Å². The first-order valence-electron chi connectivity index (χ1n) is 7.29. The predicted molar refractivity (Wildman–Crippen MR) is 86.4 cm³/mol. The van der Waals surface area contributed by atoms with Gasteiger partial charge < -0.3 is 10.1 Å². The van der Waals surface area contributed by atoms with Crippen LogP contribution in [0.15, 0.2) is 42.5 Å². The Hall–Kier alpha value is -2.54. The smallest absolute Gasteiger partial charge is 0.259 e. The molecule has 0 aliphatic carbocycles. The SMILES string of the molecule is CC(C)C(C)(C#N)NC(=O)COc1cccc2ccccc12. The Morgan fingerprint density at radius 2 is 1.95 bits per heavy atom. The average Bonchev–Trinajstić information content (AvgIpc) is 2.52. The maximum absolute atomic E-state index is 12.0. The molecule has 0 bridgehead atoms. The van der Waals surface area contributed by atoms with Gasteiger partial charge in [-0.15, -0.1) is 0 Å². The van der Waals surface area contributed by atoms with E-state index >= 15 is 0 Å². The highest BCUT2D eigenvalue weighted by molar-refractivity contribution is 5.88. The quantitative estimate of drug-likeness (QED) is 0.921. The number of nitriles is 1. The van der Waals surface area contributed by atoms with Crippen LogP contribution in [0.5, 0.6) is 5.75 Å². The molecule has 2 aromatic rings. The third-order valence-electron chi connectivity index (χ3n) is 3.89. The summed E-state index contributed by atoms with van der Waals surface area (Å²) < 4.78 is 5.63. The number of rotatable bonds is 5. The fourth-order valence-corrected chi connectivity index (χ4v) is 2.09. The molecule has 1 unspecified atom stereocenters. The molecule has 2 rings (SSSR count). The third-order valence-corrected chi connectivity index (χ3v) is 3.89. The minimum absolute atomic E-state index is 0.0130. The highest BCUT2D eigenvalue weighted by Gasteiger charge is 2.30. The number of amides is 1. The van der Waals surface area contributed by atoms with Crippen LogP contribution in [-0.2, 0) is 4.79 Å². The monoisotopic (exact) mass is 296 g/mol. The van der Waals surface area contributed by atoms with E-state index in [4.69, 9.17) is 4.74 Å². The van der Waals surface area contributed by atoms with Crippen molar-refractivity contribution >= 4 is 16.7 Å². The summed E-state index contributed by atoms with van der Waals surface area (Å²) in [6.45, 7) is 5.40. The zero-order valence-corrected chi connectivity index (χ0v) is 13.1. The lowest BCUT2D eigenvalue weighted by Gasteiger charge is -2.27. The van der Waals surface area contributed by atoms with Gasteiger partial charge in [-0.05, 0) is 24.3 Å². The Kier molecular flexibility index (Phi) is 4.67. The molecule has 1 atom stereocenters. The number of hydrogen-bond donors (Lipinski definition) is 1. The first-order valence-corrected chi connectivity index (χ1v) is 7.29. The molecule has 0 aliphatic heterocycles. The minimum atomic E-state index is -0.890. The standard InChI is InChI=1S/C18H20N2O2/c1-13(2)18(3,12-19)20-17(21)11-22-16-10-6-8-14-7-4-5-9-15(14)16/h4-10,13H,11H2,1-3H3,(H,20,21). The predicted octanol–water partition coefficient (Wildman–Crippen LogP) is 3.27. The number of benzene rings is 2. The first-order chi connectivity index (χ1) is 10.5. The molecule has 0 saturated heterocycles. The molecule has 22 heavy (non-hydrogen) atoms. The molecule has 0 heterocycles. The van der Waals surface area contributed by atoms with Crippen molar-refractivity contribution in [2.45, 2.75) is 26.3 Å². The van der Waals surface area contributed by atoms with Crippen LogP contribution in [0.2, 0.25) is 0 Å². The van der Waals surface area contributed by atoms with Crippen molar-refractivity contribution in [3.63, 3.8) is 0 Å². The molecular formula is C18H20N2O2. The molecule has 0 fully saturated rings. The summed E-state index contributed by atoms with van der Waals surface area (Å²) in [5, 5.41) is 14.0. The van der Waals surface area contributed by atoms with Crippen molar-refractivity contribution in [2.75, 3.05) is 6.61 Å². The van der Waals surface area contributed by atoms with Crippen LogP contribution in [0.25, 0.3) is 10.8 Å². The third kappa shape index (κ3) is 3.37. The van der Waals surface area contributed by atoms with Crippen LogP contribution < -0.4 is 10.1 Å². The second kappa shape index (κ2) is 6.48. The topological polar surface area (TPSA) is 62.1 Å². The lowest BCUT2D eigenvalue weighted by molar-refractivity contribution is -0.124. The van der Waals surface area contributed by atoms with E-state index in [1.165, 1.54) is 0 Å². The van der Waals surface area contributed by atoms with Crippen LogP contribution in [0.4, 0.5) is 0 Å². The van der Waals surface area contributed by atoms with Crippen LogP contribution in [-0.4, -0.2) is 18.1 Å². The molecule has 1 amide bonds. The van der Waals surface area contributed by atoms with Gasteiger partial charge in [0.2, 0.25) is 0 Å². The van der Waals surface area contributed by atoms with Gasteiger partial charge in [-0.1, -0.05) is 50.2 Å². The van der Waals surface area contributed by atoms with Gasteiger partial charge in [0.25, 0.3) is 5.91 Å². The van der Waals surface area contributed by atoms with E-state index in [2.05, 4.69) is 11.4 Å². The fraction of sp³-hybridized carbons (Fsp3) is 0.333. The zero-order valence-electron chi connectivity index (χ0n) is 13.1. The Balaban J connectivity index is 2.06. The molecule has 1 N–H and O–H groups in total. The van der Waals surface area contributed by atoms with E-state index in [9.17, 15) is 10.1 Å². The molecule has 0 aliphatic rings. The lowest BCUT2D eigenvalue weighted by atomic mass is 9.90. The molecule has 0 aromatic heterocycles. The number of hydrogen-bond acceptors (Lipinski definition) is 3. The number of nitrogens with zero attached hydrogens (tertiary/aromatic N) is 1. The summed E-state index contributed by atoms with van der Waals surface area (Å²) in [5.41, 5.74) is -0.890. The molecule has 2 aromatic carbocycles. The van der Waals surface area contributed by atoms with Crippen molar-refractivity contribution in [3.05, 3.63) is 42.5 Å². The number of ether oxygens (including phenoxy) is 1. The zero-order chi connectivity index (χ0) is 16.2. The highest BCUT2D eigenvalue weighted by atomic mass is 16.5. The summed E-state index contributed by atoms with van der Waals surface area (Å²) in [6.07, 6.45) is 0. The molecule has 4 nitrogen and oxygen atoms in total. The van der Waals surface area contributed by atoms with Crippen molar-refractivity contribution in [2.24, 2.45) is 5.92 Å². The van der Waals surface area contributed by atoms with Crippen molar-refractivity contribution in [3.8, 4) is 11.8 Å². The van der Waals surface area contributed by atoms with Crippen LogP contribution in [0.3, 0.4) is 0 Å². The summed E-state index contributed by atoms with van der Waals surface area (Å²) in [5.74, 6) is 0.376. The van der Waals surface area contributed by atoms with Crippen LogP contribution >= 0.6 is 0 Å². The Morgan fingerprint density at radius 3 is 2.64 bits per heavy atom. The average molecular weight is 296 g/mol. The molecule has 0 radical (unpaired) electrons. The molecule has 114 valence electrons. The van der Waals surface area contributed by atoms with Gasteiger partial charge >= 0.3 is 0 Å². The van der Waals surface area contributed by atoms with Gasteiger partial charge in [-0.2, -0.15) is 5.26 Å². The lowest BCUT2D eigenvalue weighted by Crippen LogP contribution is -2.50. The Labute approximate surface area is 130 Å². The van der Waals surface area contributed by atoms with E-state index in [1.54, 1.807) is 6.92 Å². The van der Waals surface area contributed by atoms with Gasteiger partial charge in [0.1, 0.15) is 11.3 Å². The fourth-order valence-electron chi connectivity index (χ4n) is 2.09. The molecule has 0 saturated carbocycles. The normalized spacial score (nSPS) is 13.4. The maximum Gasteiger partial charge on any atom is 0.259 e. The summed E-state index contributed by atoms with van der Waals surface area (Å²) in [6, 6.07) is 15.7. The maximum atomic E-state index is 12.0. The second-order valence-electron chi connectivity index (χ2n) is 5.78. The van der Waals surface area contributed by atoms with Crippen molar-refractivity contribution in [1.82, 2.24) is 5.32 Å². The molecular weight excluding hydrogens is 276 g/mol. The van der Waals surface area contributed by atoms with E-state index in [-0.39, 0.29) is 18.4 Å². The summed E-state index contributed by atoms with van der Waals surface area (Å²) in [4.78, 5) is 12.0. The second-order valence-corrected chi connectivity index (χ2v) is 5.78. The van der Waals surface area contributed by atoms with Crippen molar-refractivity contribution < 1.29 is 9.53 Å². The number of nitrogens with one attached hydrogen (secondary N) is 1. The van der Waals surface area contributed by atoms with E-state index in [0.29, 0.717) is 5.75 Å². The Morgan fingerprint density at radius 1 is 1.27 bits per heavy atom. The summed E-state index contributed by atoms with van der Waals surface area (Å²) in [7, 11) is 0. The molecule has 0 spiro atoms. The van der Waals surface area contributed by atoms with Gasteiger partial charge in [-0.3, -0.25) is 4.79 Å². The minimum Gasteiger partial charge on any atom is -0.483 e. The Bertz CT molecular complexity index is 713. The van der Waals surface area contributed by atoms with Gasteiger partial charge in [0.15, 0.2) is 6.61 Å². The van der Waals surface area contributed by atoms with E-state index < -0.39 is 5.54 Å². The van der Waals surface area contributed by atoms with Crippen LogP contribution in [0, 0.1) is 17.2 Å². The number of carbonyl (C=O) groups excluding carboxylic acids is 1. The van der Waals surface area contributed by atoms with E-state index in [0.717, 1.165) is 10.8 Å². The van der Waals surface area contributed by atoms with E-state index in [1.807, 2.05) is 56.3 Å². The number of carbonyl (C=O) groups is 1. The highest BCUT2D eigenvalue weighted by Crippen LogP contribution is 2.25. The molecule has 4 heteroatoms. The van der Waals surface area contributed by atoms with Crippen molar-refractivity contribution in [1.29, 1.82) is 5.26 Å². The van der Waals surface area contributed by atoms with Crippen LogP contribution in [0.1, 0.15) is 20.8 Å². The van der Waals surface area contributed by atoms with Gasteiger partial charge in [0, 0.05) is 5.39 Å². The van der Waals surface area contributed by atoms with Gasteiger partial charge in [0.05, 0.1) is 6.07 Å². The number of fused-ring (bicyclic) bond motifs is 1. The summed E-state index contributed by atoms with van der Waals surface area (Å²) >= 11 is 0. The first kappa shape index (κ1) is 15.8. The largest absolute Gasteiger partial charge is 0.483 e.